The normalized spacial score (nSPS) is 14.0. The van der Waals surface area contributed by atoms with Gasteiger partial charge >= 0.3 is 0 Å². The van der Waals surface area contributed by atoms with Gasteiger partial charge in [0.25, 0.3) is 0 Å². The molecule has 0 bridgehead atoms. The van der Waals surface area contributed by atoms with Crippen molar-refractivity contribution in [3.63, 3.8) is 0 Å². The highest BCUT2D eigenvalue weighted by molar-refractivity contribution is 5.46. The molecule has 0 fully saturated rings. The molecule has 22 heavy (non-hydrogen) atoms. The largest absolute Gasteiger partial charge is 0.493 e. The van der Waals surface area contributed by atoms with Crippen molar-refractivity contribution in [1.29, 1.82) is 0 Å². The molecule has 1 rings (SSSR count). The van der Waals surface area contributed by atoms with E-state index in [1.54, 1.807) is 27.2 Å². The van der Waals surface area contributed by atoms with Crippen LogP contribution in [0.4, 0.5) is 0 Å². The Morgan fingerprint density at radius 3 is 2.50 bits per heavy atom. The standard InChI is InChI=1S/C18H29NO3/c1-7-18(4,20)13-19(11-14(2)3)12-15-9-8-10-16(21-5)17(15)22-6/h7-10,14,20H,1,11-13H2,2-6H3/t18-/m1/s1. The number of para-hydroxylation sites is 1. The fourth-order valence-corrected chi connectivity index (χ4v) is 2.54. The topological polar surface area (TPSA) is 41.9 Å². The molecule has 124 valence electrons. The van der Waals surface area contributed by atoms with Gasteiger partial charge in [-0.05, 0) is 18.9 Å². The summed E-state index contributed by atoms with van der Waals surface area (Å²) in [6, 6.07) is 5.86. The number of methoxy groups -OCH3 is 2. The molecule has 0 radical (unpaired) electrons. The van der Waals surface area contributed by atoms with E-state index in [2.05, 4.69) is 25.3 Å². The monoisotopic (exact) mass is 307 g/mol. The number of nitrogens with zero attached hydrogens (tertiary/aromatic N) is 1. The van der Waals surface area contributed by atoms with Crippen LogP contribution >= 0.6 is 0 Å². The van der Waals surface area contributed by atoms with Crippen LogP contribution in [-0.2, 0) is 6.54 Å². The van der Waals surface area contributed by atoms with Gasteiger partial charge in [0, 0.05) is 25.2 Å². The number of hydrogen-bond acceptors (Lipinski definition) is 4. The Morgan fingerprint density at radius 1 is 1.32 bits per heavy atom. The fourth-order valence-electron chi connectivity index (χ4n) is 2.54. The Bertz CT molecular complexity index is 483. The van der Waals surface area contributed by atoms with Crippen LogP contribution in [0.5, 0.6) is 11.5 Å². The molecule has 1 aromatic carbocycles. The van der Waals surface area contributed by atoms with Gasteiger partial charge < -0.3 is 14.6 Å². The third kappa shape index (κ3) is 5.35. The maximum atomic E-state index is 10.3. The summed E-state index contributed by atoms with van der Waals surface area (Å²) in [5, 5.41) is 10.3. The molecule has 0 aliphatic heterocycles. The molecule has 0 saturated carbocycles. The first-order valence-electron chi connectivity index (χ1n) is 7.61. The van der Waals surface area contributed by atoms with E-state index in [9.17, 15) is 5.11 Å². The van der Waals surface area contributed by atoms with Crippen molar-refractivity contribution in [2.75, 3.05) is 27.3 Å². The van der Waals surface area contributed by atoms with Gasteiger partial charge in [0.2, 0.25) is 0 Å². The second-order valence-electron chi connectivity index (χ2n) is 6.28. The first kappa shape index (κ1) is 18.5. The molecular formula is C18H29NO3. The summed E-state index contributed by atoms with van der Waals surface area (Å²) in [5.74, 6) is 1.97. The first-order chi connectivity index (χ1) is 10.3. The average Bonchev–Trinajstić information content (AvgIpc) is 2.45. The van der Waals surface area contributed by atoms with Crippen LogP contribution in [0.15, 0.2) is 30.9 Å². The lowest BCUT2D eigenvalue weighted by Crippen LogP contribution is -2.40. The van der Waals surface area contributed by atoms with Gasteiger partial charge in [0.15, 0.2) is 11.5 Å². The van der Waals surface area contributed by atoms with Crippen molar-refractivity contribution in [1.82, 2.24) is 4.90 Å². The predicted molar refractivity (Wildman–Crippen MR) is 90.5 cm³/mol. The Labute approximate surface area is 134 Å². The summed E-state index contributed by atoms with van der Waals surface area (Å²) >= 11 is 0. The molecular weight excluding hydrogens is 278 g/mol. The van der Waals surface area contributed by atoms with Crippen LogP contribution in [0.2, 0.25) is 0 Å². The van der Waals surface area contributed by atoms with Crippen LogP contribution in [0.25, 0.3) is 0 Å². The molecule has 1 atom stereocenters. The number of aliphatic hydroxyl groups is 1. The summed E-state index contributed by atoms with van der Waals surface area (Å²) < 4.78 is 10.8. The number of rotatable bonds is 9. The quantitative estimate of drug-likeness (QED) is 0.712. The Balaban J connectivity index is 3.01. The zero-order chi connectivity index (χ0) is 16.8. The van der Waals surface area contributed by atoms with Crippen molar-refractivity contribution in [2.45, 2.75) is 32.9 Å². The summed E-state index contributed by atoms with van der Waals surface area (Å²) in [4.78, 5) is 2.21. The molecule has 4 heteroatoms. The Kier molecular flexibility index (Phi) is 6.91. The summed E-state index contributed by atoms with van der Waals surface area (Å²) in [6.07, 6.45) is 1.59. The Morgan fingerprint density at radius 2 is 2.00 bits per heavy atom. The molecule has 0 aliphatic carbocycles. The summed E-state index contributed by atoms with van der Waals surface area (Å²) in [6.45, 7) is 11.9. The van der Waals surface area contributed by atoms with Gasteiger partial charge in [-0.15, -0.1) is 6.58 Å². The number of benzene rings is 1. The summed E-state index contributed by atoms with van der Waals surface area (Å²) in [5.41, 5.74) is 0.128. The van der Waals surface area contributed by atoms with E-state index in [4.69, 9.17) is 9.47 Å². The molecule has 0 aromatic heterocycles. The van der Waals surface area contributed by atoms with E-state index < -0.39 is 5.60 Å². The van der Waals surface area contributed by atoms with Crippen LogP contribution in [0.3, 0.4) is 0 Å². The van der Waals surface area contributed by atoms with Crippen LogP contribution in [0.1, 0.15) is 26.3 Å². The molecule has 0 spiro atoms. The van der Waals surface area contributed by atoms with Gasteiger partial charge in [-0.2, -0.15) is 0 Å². The molecule has 0 aliphatic rings. The minimum Gasteiger partial charge on any atom is -0.493 e. The minimum atomic E-state index is -0.916. The van der Waals surface area contributed by atoms with Crippen molar-refractivity contribution >= 4 is 0 Å². The zero-order valence-electron chi connectivity index (χ0n) is 14.4. The molecule has 1 aromatic rings. The molecule has 4 nitrogen and oxygen atoms in total. The van der Waals surface area contributed by atoms with Crippen LogP contribution in [-0.4, -0.2) is 42.9 Å². The van der Waals surface area contributed by atoms with Crippen molar-refractivity contribution in [3.05, 3.63) is 36.4 Å². The second-order valence-corrected chi connectivity index (χ2v) is 6.28. The SMILES string of the molecule is C=C[C@@](C)(O)CN(Cc1cccc(OC)c1OC)CC(C)C. The van der Waals surface area contributed by atoms with Gasteiger partial charge in [-0.1, -0.05) is 32.1 Å². The lowest BCUT2D eigenvalue weighted by molar-refractivity contribution is 0.0537. The van der Waals surface area contributed by atoms with Gasteiger partial charge in [-0.25, -0.2) is 0 Å². The third-order valence-corrected chi connectivity index (χ3v) is 3.49. The highest BCUT2D eigenvalue weighted by Crippen LogP contribution is 2.31. The van der Waals surface area contributed by atoms with E-state index >= 15 is 0 Å². The highest BCUT2D eigenvalue weighted by Gasteiger charge is 2.22. The molecule has 0 unspecified atom stereocenters. The predicted octanol–water partition coefficient (Wildman–Crippen LogP) is 3.10. The van der Waals surface area contributed by atoms with E-state index in [0.29, 0.717) is 19.0 Å². The van der Waals surface area contributed by atoms with Gasteiger partial charge in [0.05, 0.1) is 19.8 Å². The van der Waals surface area contributed by atoms with E-state index in [-0.39, 0.29) is 0 Å². The average molecular weight is 307 g/mol. The smallest absolute Gasteiger partial charge is 0.165 e. The van der Waals surface area contributed by atoms with Gasteiger partial charge in [-0.3, -0.25) is 4.90 Å². The zero-order valence-corrected chi connectivity index (χ0v) is 14.4. The lowest BCUT2D eigenvalue weighted by Gasteiger charge is -2.31. The fraction of sp³-hybridized carbons (Fsp3) is 0.556. The van der Waals surface area contributed by atoms with Gasteiger partial charge in [0.1, 0.15) is 0 Å². The molecule has 0 saturated heterocycles. The van der Waals surface area contributed by atoms with E-state index in [1.807, 2.05) is 18.2 Å². The maximum absolute atomic E-state index is 10.3. The first-order valence-corrected chi connectivity index (χ1v) is 7.61. The van der Waals surface area contributed by atoms with Crippen LogP contribution in [0, 0.1) is 5.92 Å². The van der Waals surface area contributed by atoms with Crippen molar-refractivity contribution in [2.24, 2.45) is 5.92 Å². The number of ether oxygens (including phenoxy) is 2. The summed E-state index contributed by atoms with van der Waals surface area (Å²) in [7, 11) is 3.28. The minimum absolute atomic E-state index is 0.497. The van der Waals surface area contributed by atoms with Crippen LogP contribution < -0.4 is 9.47 Å². The van der Waals surface area contributed by atoms with Crippen molar-refractivity contribution < 1.29 is 14.6 Å². The molecule has 0 amide bonds. The molecule has 1 N–H and O–H groups in total. The third-order valence-electron chi connectivity index (χ3n) is 3.49. The van der Waals surface area contributed by atoms with Crippen molar-refractivity contribution in [3.8, 4) is 11.5 Å². The Hall–Kier alpha value is -1.52. The van der Waals surface area contributed by atoms with E-state index in [0.717, 1.165) is 23.6 Å². The second kappa shape index (κ2) is 8.20. The molecule has 0 heterocycles. The number of hydrogen-bond donors (Lipinski definition) is 1. The highest BCUT2D eigenvalue weighted by atomic mass is 16.5. The lowest BCUT2D eigenvalue weighted by atomic mass is 10.0. The van der Waals surface area contributed by atoms with E-state index in [1.165, 1.54) is 0 Å². The maximum Gasteiger partial charge on any atom is 0.165 e.